The largest absolute Gasteiger partial charge is 0.469 e. The molecule has 16 heteroatoms. The zero-order valence-electron chi connectivity index (χ0n) is 35.8. The van der Waals surface area contributed by atoms with E-state index in [4.69, 9.17) is 19.3 Å². The van der Waals surface area contributed by atoms with E-state index in [9.17, 15) is 38.4 Å². The molecule has 3 rings (SSSR count). The summed E-state index contributed by atoms with van der Waals surface area (Å²) in [6.07, 6.45) is 2.85. The van der Waals surface area contributed by atoms with Crippen molar-refractivity contribution in [2.45, 2.75) is 157 Å². The summed E-state index contributed by atoms with van der Waals surface area (Å²) in [4.78, 5) is 98.4. The lowest BCUT2D eigenvalue weighted by atomic mass is 10.1. The third-order valence-corrected chi connectivity index (χ3v) is 8.90. The fraction of sp³-hybridized carbons (Fsp3) is 0.800. The van der Waals surface area contributed by atoms with Crippen molar-refractivity contribution in [1.82, 2.24) is 14.7 Å². The van der Waals surface area contributed by atoms with Gasteiger partial charge < -0.3 is 43.5 Å². The minimum absolute atomic E-state index is 0.0208. The molecule has 0 aromatic rings. The van der Waals surface area contributed by atoms with Crippen molar-refractivity contribution in [2.75, 3.05) is 33.4 Å². The highest BCUT2D eigenvalue weighted by Crippen LogP contribution is 2.26. The van der Waals surface area contributed by atoms with Crippen LogP contribution in [0.3, 0.4) is 0 Å². The second-order valence-corrected chi connectivity index (χ2v) is 17.3. The molecule has 56 heavy (non-hydrogen) atoms. The van der Waals surface area contributed by atoms with E-state index < -0.39 is 58.8 Å². The van der Waals surface area contributed by atoms with Gasteiger partial charge in [0.05, 0.1) is 13.0 Å². The first-order valence-corrected chi connectivity index (χ1v) is 19.5. The summed E-state index contributed by atoms with van der Waals surface area (Å²) >= 11 is 0. The molecule has 16 nitrogen and oxygen atoms in total. The number of aldehydes is 1. The monoisotopic (exact) mass is 797 g/mol. The molecule has 0 aliphatic carbocycles. The lowest BCUT2D eigenvalue weighted by Crippen LogP contribution is -2.45. The normalized spacial score (nSPS) is 21.6. The Morgan fingerprint density at radius 1 is 0.643 bits per heavy atom. The summed E-state index contributed by atoms with van der Waals surface area (Å²) in [7, 11) is 1.29. The number of likely N-dealkylation sites (tertiary alicyclic amines) is 3. The highest BCUT2D eigenvalue weighted by Gasteiger charge is 2.42. The van der Waals surface area contributed by atoms with E-state index in [1.165, 1.54) is 21.8 Å². The Bertz CT molecular complexity index is 1390. The van der Waals surface area contributed by atoms with Crippen LogP contribution >= 0.6 is 0 Å². The molecular formula is C40H67N3O13. The molecule has 6 atom stereocenters. The Hall–Kier alpha value is -4.08. The molecule has 0 spiro atoms. The topological polar surface area (TPSA) is 203 Å². The molecule has 0 bridgehead atoms. The first-order valence-electron chi connectivity index (χ1n) is 19.5. The molecule has 0 aromatic carbocycles. The van der Waals surface area contributed by atoms with Gasteiger partial charge in [0.25, 0.3) is 0 Å². The Morgan fingerprint density at radius 3 is 1.30 bits per heavy atom. The van der Waals surface area contributed by atoms with Crippen molar-refractivity contribution >= 4 is 47.9 Å². The number of rotatable bonds is 12. The van der Waals surface area contributed by atoms with E-state index >= 15 is 0 Å². The van der Waals surface area contributed by atoms with E-state index in [0.717, 1.165) is 6.29 Å². The Labute approximate surface area is 332 Å². The van der Waals surface area contributed by atoms with Crippen LogP contribution in [0, 0.1) is 17.8 Å². The lowest BCUT2D eigenvalue weighted by molar-refractivity contribution is -0.164. The van der Waals surface area contributed by atoms with Crippen LogP contribution in [0.15, 0.2) is 0 Å². The number of aliphatic hydroxyl groups is 1. The van der Waals surface area contributed by atoms with Crippen molar-refractivity contribution < 1.29 is 62.4 Å². The zero-order valence-corrected chi connectivity index (χ0v) is 35.8. The van der Waals surface area contributed by atoms with Crippen LogP contribution in [-0.4, -0.2) is 136 Å². The number of methoxy groups -OCH3 is 1. The first-order chi connectivity index (χ1) is 25.8. The zero-order chi connectivity index (χ0) is 43.3. The highest BCUT2D eigenvalue weighted by atomic mass is 16.6. The molecule has 320 valence electrons. The molecule has 3 fully saturated rings. The maximum Gasteiger partial charge on any atom is 0.329 e. The van der Waals surface area contributed by atoms with Crippen molar-refractivity contribution in [1.29, 1.82) is 0 Å². The standard InChI is InChI=1S/C14H23NO5.C13H23NO4.C13H21NO4/c1-6-10(13(18)20-14(2,3)4)15-8-9(7-11(15)16)12(17)19-5;2*1-5-10(12(17)18-13(2,3)4)14-7-9(8-15)6-11(14)16/h9-10H,6-8H2,1-5H3;9-10,15H,5-8H2,1-4H3;8-10H,5-7H2,1-4H3/t3*9?,10-/m000/s1. The predicted molar refractivity (Wildman–Crippen MR) is 204 cm³/mol. The van der Waals surface area contributed by atoms with E-state index in [1.807, 2.05) is 20.8 Å². The van der Waals surface area contributed by atoms with Gasteiger partial charge in [-0.05, 0) is 81.6 Å². The molecule has 0 aromatic heterocycles. The van der Waals surface area contributed by atoms with Crippen LogP contribution in [-0.2, 0) is 57.3 Å². The smallest absolute Gasteiger partial charge is 0.329 e. The molecule has 3 aliphatic heterocycles. The maximum absolute atomic E-state index is 12.1. The van der Waals surface area contributed by atoms with Crippen LogP contribution in [0.1, 0.15) is 122 Å². The molecule has 3 unspecified atom stereocenters. The minimum atomic E-state index is -0.642. The molecule has 0 saturated carbocycles. The summed E-state index contributed by atoms with van der Waals surface area (Å²) in [5.74, 6) is -2.90. The second kappa shape index (κ2) is 21.4. The number of nitrogens with zero attached hydrogens (tertiary/aromatic N) is 3. The number of hydrogen-bond donors (Lipinski definition) is 1. The molecular weight excluding hydrogens is 730 g/mol. The van der Waals surface area contributed by atoms with Gasteiger partial charge in [-0.25, -0.2) is 14.4 Å². The van der Waals surface area contributed by atoms with Gasteiger partial charge in [-0.1, -0.05) is 20.8 Å². The Morgan fingerprint density at radius 2 is 1.00 bits per heavy atom. The molecule has 3 aliphatic rings. The fourth-order valence-corrected chi connectivity index (χ4v) is 6.39. The SMILES string of the molecule is CC[C@@H](C(=O)OC(C)(C)C)N1CC(C(=O)OC)CC1=O.CC[C@@H](C(=O)OC(C)(C)C)N1CC(C=O)CC1=O.CC[C@@H](C(=O)OC(C)(C)C)N1CC(CO)CC1=O. The van der Waals surface area contributed by atoms with Gasteiger partial charge in [0, 0.05) is 57.3 Å². The van der Waals surface area contributed by atoms with Crippen molar-refractivity contribution in [3.05, 3.63) is 0 Å². The lowest BCUT2D eigenvalue weighted by Gasteiger charge is -2.29. The number of esters is 4. The number of hydrogen-bond acceptors (Lipinski definition) is 13. The third-order valence-electron chi connectivity index (χ3n) is 8.90. The summed E-state index contributed by atoms with van der Waals surface area (Å²) < 4.78 is 20.6. The quantitative estimate of drug-likeness (QED) is 0.171. The van der Waals surface area contributed by atoms with E-state index in [1.54, 1.807) is 62.3 Å². The number of carbonyl (C=O) groups excluding carboxylic acids is 8. The summed E-state index contributed by atoms with van der Waals surface area (Å²) in [6.45, 7) is 22.6. The summed E-state index contributed by atoms with van der Waals surface area (Å²) in [5.41, 5.74) is -1.73. The van der Waals surface area contributed by atoms with Crippen molar-refractivity contribution in [2.24, 2.45) is 17.8 Å². The predicted octanol–water partition coefficient (Wildman–Crippen LogP) is 3.23. The number of carbonyl (C=O) groups is 8. The van der Waals surface area contributed by atoms with Gasteiger partial charge in [0.15, 0.2) is 0 Å². The van der Waals surface area contributed by atoms with Gasteiger partial charge in [0.2, 0.25) is 17.7 Å². The molecule has 1 N–H and O–H groups in total. The van der Waals surface area contributed by atoms with Gasteiger partial charge in [-0.2, -0.15) is 0 Å². The number of ether oxygens (including phenoxy) is 4. The van der Waals surface area contributed by atoms with Crippen molar-refractivity contribution in [3.8, 4) is 0 Å². The van der Waals surface area contributed by atoms with Crippen LogP contribution in [0.25, 0.3) is 0 Å². The molecule has 0 radical (unpaired) electrons. The van der Waals surface area contributed by atoms with Gasteiger partial charge in [-0.15, -0.1) is 0 Å². The molecule has 3 saturated heterocycles. The molecule has 3 heterocycles. The van der Waals surface area contributed by atoms with E-state index in [-0.39, 0.29) is 61.5 Å². The van der Waals surface area contributed by atoms with E-state index in [2.05, 4.69) is 4.74 Å². The molecule has 3 amide bonds. The third kappa shape index (κ3) is 15.8. The average molecular weight is 798 g/mol. The fourth-order valence-electron chi connectivity index (χ4n) is 6.39. The minimum Gasteiger partial charge on any atom is -0.469 e. The summed E-state index contributed by atoms with van der Waals surface area (Å²) in [5, 5.41) is 9.09. The first kappa shape index (κ1) is 49.9. The van der Waals surface area contributed by atoms with Crippen LogP contribution in [0.4, 0.5) is 0 Å². The van der Waals surface area contributed by atoms with Crippen LogP contribution < -0.4 is 0 Å². The maximum atomic E-state index is 12.1. The Balaban J connectivity index is 0.000000421. The van der Waals surface area contributed by atoms with Gasteiger partial charge in [0.1, 0.15) is 41.2 Å². The van der Waals surface area contributed by atoms with E-state index in [0.29, 0.717) is 38.8 Å². The number of aliphatic hydroxyl groups excluding tert-OH is 1. The average Bonchev–Trinajstić information content (AvgIpc) is 3.76. The number of amides is 3. The van der Waals surface area contributed by atoms with Gasteiger partial charge >= 0.3 is 23.9 Å². The van der Waals surface area contributed by atoms with Crippen molar-refractivity contribution in [3.63, 3.8) is 0 Å². The van der Waals surface area contributed by atoms with Gasteiger partial charge in [-0.3, -0.25) is 19.2 Å². The second-order valence-electron chi connectivity index (χ2n) is 17.3. The van der Waals surface area contributed by atoms with Crippen LogP contribution in [0.2, 0.25) is 0 Å². The Kier molecular flexibility index (Phi) is 19.1. The summed E-state index contributed by atoms with van der Waals surface area (Å²) in [6, 6.07) is -1.76. The highest BCUT2D eigenvalue weighted by molar-refractivity contribution is 5.91. The van der Waals surface area contributed by atoms with Crippen LogP contribution in [0.5, 0.6) is 0 Å².